The van der Waals surface area contributed by atoms with Gasteiger partial charge in [-0.15, -0.1) is 0 Å². The van der Waals surface area contributed by atoms with Gasteiger partial charge in [-0.2, -0.15) is 8.78 Å². The van der Waals surface area contributed by atoms with Gasteiger partial charge in [0.2, 0.25) is 11.7 Å². The first-order valence-corrected chi connectivity index (χ1v) is 9.03. The normalized spacial score (nSPS) is 14.5. The van der Waals surface area contributed by atoms with Crippen molar-refractivity contribution in [2.24, 2.45) is 0 Å². The highest BCUT2D eigenvalue weighted by Crippen LogP contribution is 2.19. The quantitative estimate of drug-likeness (QED) is 0.501. The zero-order valence-corrected chi connectivity index (χ0v) is 16.4. The van der Waals surface area contributed by atoms with Crippen LogP contribution in [-0.4, -0.2) is 73.6 Å². The summed E-state index contributed by atoms with van der Waals surface area (Å²) < 4.78 is 37.8. The first kappa shape index (κ1) is 25.1. The number of ether oxygens (including phenoxy) is 2. The first-order valence-electron chi connectivity index (χ1n) is 9.03. The molecule has 1 heterocycles. The van der Waals surface area contributed by atoms with Crippen LogP contribution in [0.15, 0.2) is 30.3 Å². The molecule has 0 aromatic heterocycles. The second kappa shape index (κ2) is 12.6. The Bertz CT molecular complexity index is 713. The van der Waals surface area contributed by atoms with Crippen molar-refractivity contribution in [3.05, 3.63) is 35.9 Å². The van der Waals surface area contributed by atoms with Crippen molar-refractivity contribution in [3.63, 3.8) is 0 Å². The number of carbonyl (C=O) groups is 4. The van der Waals surface area contributed by atoms with Gasteiger partial charge in [0.25, 0.3) is 5.91 Å². The number of ketones is 1. The van der Waals surface area contributed by atoms with E-state index in [4.69, 9.17) is 14.6 Å². The molecule has 9 nitrogen and oxygen atoms in total. The molecule has 2 amide bonds. The summed E-state index contributed by atoms with van der Waals surface area (Å²) in [6.07, 6.45) is -0.235. The fourth-order valence-electron chi connectivity index (χ4n) is 2.34. The van der Waals surface area contributed by atoms with Crippen molar-refractivity contribution >= 4 is 23.6 Å². The van der Waals surface area contributed by atoms with Gasteiger partial charge in [0, 0.05) is 13.3 Å². The number of hydrogen-bond acceptors (Lipinski definition) is 6. The Labute approximate surface area is 171 Å². The smallest absolute Gasteiger partial charge is 0.383 e. The van der Waals surface area contributed by atoms with Crippen LogP contribution in [0.25, 0.3) is 0 Å². The average Bonchev–Trinajstić information content (AvgIpc) is 2.73. The van der Waals surface area contributed by atoms with Gasteiger partial charge in [0.05, 0.1) is 32.5 Å². The molecular formula is C19H24F2N2O7. The maximum atomic E-state index is 14.0. The maximum Gasteiger partial charge on any atom is 0.383 e. The highest BCUT2D eigenvalue weighted by molar-refractivity contribution is 6.10. The number of amides is 2. The number of halogens is 2. The molecule has 0 bridgehead atoms. The van der Waals surface area contributed by atoms with E-state index in [0.29, 0.717) is 5.56 Å². The van der Waals surface area contributed by atoms with Crippen LogP contribution in [0.2, 0.25) is 0 Å². The molecule has 1 aliphatic heterocycles. The largest absolute Gasteiger partial charge is 0.480 e. The second-order valence-corrected chi connectivity index (χ2v) is 6.18. The topological polar surface area (TPSA) is 131 Å². The summed E-state index contributed by atoms with van der Waals surface area (Å²) in [5.74, 6) is -10.6. The van der Waals surface area contributed by atoms with Crippen molar-refractivity contribution in [3.8, 4) is 0 Å². The van der Waals surface area contributed by atoms with Crippen molar-refractivity contribution in [1.82, 2.24) is 10.6 Å². The number of alkyl halides is 2. The van der Waals surface area contributed by atoms with Crippen LogP contribution in [0.5, 0.6) is 0 Å². The molecule has 0 aliphatic carbocycles. The number of Topliss-reactive ketones (excluding diaryl/α,β-unsaturated/α-hetero) is 1. The van der Waals surface area contributed by atoms with Gasteiger partial charge in [-0.25, -0.2) is 0 Å². The summed E-state index contributed by atoms with van der Waals surface area (Å²) in [5, 5.41) is 11.9. The Balaban J connectivity index is 0.000000637. The number of carbonyl (C=O) groups excluding carboxylic acids is 3. The summed E-state index contributed by atoms with van der Waals surface area (Å²) in [4.78, 5) is 44.9. The molecule has 0 radical (unpaired) electrons. The summed E-state index contributed by atoms with van der Waals surface area (Å²) >= 11 is 0. The average molecular weight is 430 g/mol. The predicted molar refractivity (Wildman–Crippen MR) is 100.0 cm³/mol. The lowest BCUT2D eigenvalue weighted by atomic mass is 9.98. The fourth-order valence-corrected chi connectivity index (χ4v) is 2.34. The lowest BCUT2D eigenvalue weighted by Gasteiger charge is -2.22. The Morgan fingerprint density at radius 2 is 1.60 bits per heavy atom. The van der Waals surface area contributed by atoms with E-state index in [1.54, 1.807) is 30.3 Å². The van der Waals surface area contributed by atoms with E-state index < -0.39 is 42.1 Å². The molecule has 1 aliphatic rings. The van der Waals surface area contributed by atoms with Crippen molar-refractivity contribution < 1.29 is 42.5 Å². The Kier molecular flexibility index (Phi) is 10.6. The Hall–Kier alpha value is -2.92. The molecular weight excluding hydrogens is 406 g/mol. The third kappa shape index (κ3) is 9.05. The zero-order valence-electron chi connectivity index (χ0n) is 16.4. The highest BCUT2D eigenvalue weighted by Gasteiger charge is 2.50. The Morgan fingerprint density at radius 3 is 2.03 bits per heavy atom. The molecule has 30 heavy (non-hydrogen) atoms. The minimum Gasteiger partial charge on any atom is -0.480 e. The van der Waals surface area contributed by atoms with E-state index in [2.05, 4.69) is 5.32 Å². The van der Waals surface area contributed by atoms with Gasteiger partial charge in [0.15, 0.2) is 0 Å². The van der Waals surface area contributed by atoms with E-state index >= 15 is 0 Å². The molecule has 3 N–H and O–H groups in total. The SMILES string of the molecule is C1COCCO1.CC(=O)NC(Cc1ccccc1)C(=O)C(F)(F)C(=O)NCC(=O)O. The zero-order chi connectivity index (χ0) is 22.6. The van der Waals surface area contributed by atoms with Crippen LogP contribution in [0.4, 0.5) is 8.78 Å². The molecule has 1 fully saturated rings. The lowest BCUT2D eigenvalue weighted by Crippen LogP contribution is -2.55. The number of hydrogen-bond donors (Lipinski definition) is 3. The highest BCUT2D eigenvalue weighted by atomic mass is 19.3. The molecule has 1 aromatic rings. The van der Waals surface area contributed by atoms with E-state index in [-0.39, 0.29) is 6.42 Å². The van der Waals surface area contributed by atoms with Crippen LogP contribution in [-0.2, 0) is 35.1 Å². The summed E-state index contributed by atoms with van der Waals surface area (Å²) in [7, 11) is 0. The van der Waals surface area contributed by atoms with Crippen LogP contribution in [0.1, 0.15) is 12.5 Å². The molecule has 2 rings (SSSR count). The molecule has 1 atom stereocenters. The van der Waals surface area contributed by atoms with E-state index in [1.807, 2.05) is 0 Å². The molecule has 0 saturated carbocycles. The van der Waals surface area contributed by atoms with Gasteiger partial charge < -0.3 is 25.2 Å². The number of carboxylic acid groups (broad SMARTS) is 1. The van der Waals surface area contributed by atoms with Crippen LogP contribution >= 0.6 is 0 Å². The standard InChI is InChI=1S/C15H16F2N2O5.C4H8O2/c1-9(20)19-11(7-10-5-3-2-4-6-10)13(23)15(16,17)14(24)18-8-12(21)22;1-2-6-4-3-5-1/h2-6,11H,7-8H2,1H3,(H,18,24)(H,19,20)(H,21,22);1-4H2. The van der Waals surface area contributed by atoms with Gasteiger partial charge in [-0.1, -0.05) is 30.3 Å². The number of nitrogens with one attached hydrogen (secondary N) is 2. The minimum atomic E-state index is -4.47. The van der Waals surface area contributed by atoms with Crippen molar-refractivity contribution in [2.45, 2.75) is 25.3 Å². The molecule has 166 valence electrons. The van der Waals surface area contributed by atoms with Gasteiger partial charge in [0.1, 0.15) is 6.54 Å². The predicted octanol–water partition coefficient (Wildman–Crippen LogP) is 0.172. The number of rotatable bonds is 8. The lowest BCUT2D eigenvalue weighted by molar-refractivity contribution is -0.161. The Morgan fingerprint density at radius 1 is 1.07 bits per heavy atom. The van der Waals surface area contributed by atoms with Crippen LogP contribution in [0, 0.1) is 0 Å². The molecule has 1 aromatic carbocycles. The third-order valence-electron chi connectivity index (χ3n) is 3.72. The van der Waals surface area contributed by atoms with Gasteiger partial charge >= 0.3 is 11.9 Å². The minimum absolute atomic E-state index is 0.235. The fraction of sp³-hybridized carbons (Fsp3) is 0.474. The number of aliphatic carboxylic acids is 1. The monoisotopic (exact) mass is 430 g/mol. The molecule has 1 unspecified atom stereocenters. The van der Waals surface area contributed by atoms with E-state index in [9.17, 15) is 28.0 Å². The number of benzene rings is 1. The summed E-state index contributed by atoms with van der Waals surface area (Å²) in [6, 6.07) is 6.46. The van der Waals surface area contributed by atoms with Crippen molar-refractivity contribution in [2.75, 3.05) is 33.0 Å². The summed E-state index contributed by atoms with van der Waals surface area (Å²) in [6.45, 7) is 3.11. The van der Waals surface area contributed by atoms with Crippen LogP contribution in [0.3, 0.4) is 0 Å². The third-order valence-corrected chi connectivity index (χ3v) is 3.72. The number of carboxylic acids is 1. The first-order chi connectivity index (χ1) is 14.1. The van der Waals surface area contributed by atoms with Gasteiger partial charge in [-0.05, 0) is 5.56 Å². The van der Waals surface area contributed by atoms with E-state index in [0.717, 1.165) is 33.4 Å². The van der Waals surface area contributed by atoms with E-state index in [1.165, 1.54) is 5.32 Å². The summed E-state index contributed by atoms with van der Waals surface area (Å²) in [5.41, 5.74) is 0.506. The molecule has 11 heteroatoms. The van der Waals surface area contributed by atoms with Crippen molar-refractivity contribution in [1.29, 1.82) is 0 Å². The maximum absolute atomic E-state index is 14.0. The molecule has 1 saturated heterocycles. The molecule has 0 spiro atoms. The van der Waals surface area contributed by atoms with Crippen LogP contribution < -0.4 is 10.6 Å². The van der Waals surface area contributed by atoms with Gasteiger partial charge in [-0.3, -0.25) is 19.2 Å². The second-order valence-electron chi connectivity index (χ2n) is 6.18.